The molecule has 1 heterocycles. The average molecular weight is 375 g/mol. The SMILES string of the molecule is CN1CCOc2cc(NC(=O)c3ccc(S(=O)(=O)N(C)C)cc3)ccc21. The van der Waals surface area contributed by atoms with Gasteiger partial charge in [-0.25, -0.2) is 12.7 Å². The van der Waals surface area contributed by atoms with Gasteiger partial charge in [-0.2, -0.15) is 0 Å². The number of carbonyl (C=O) groups excluding carboxylic acids is 1. The highest BCUT2D eigenvalue weighted by molar-refractivity contribution is 7.89. The smallest absolute Gasteiger partial charge is 0.255 e. The van der Waals surface area contributed by atoms with E-state index in [0.29, 0.717) is 17.9 Å². The Labute approximate surface area is 153 Å². The topological polar surface area (TPSA) is 79.0 Å². The quantitative estimate of drug-likeness (QED) is 0.884. The number of hydrogen-bond acceptors (Lipinski definition) is 5. The third kappa shape index (κ3) is 3.51. The maximum Gasteiger partial charge on any atom is 0.255 e. The van der Waals surface area contributed by atoms with Crippen molar-refractivity contribution < 1.29 is 17.9 Å². The number of carbonyl (C=O) groups is 1. The summed E-state index contributed by atoms with van der Waals surface area (Å²) in [6.45, 7) is 1.42. The fourth-order valence-electron chi connectivity index (χ4n) is 2.63. The van der Waals surface area contributed by atoms with Crippen LogP contribution < -0.4 is 15.0 Å². The summed E-state index contributed by atoms with van der Waals surface area (Å²) in [5.41, 5.74) is 1.97. The summed E-state index contributed by atoms with van der Waals surface area (Å²) in [5.74, 6) is 0.409. The normalized spacial score (nSPS) is 13.9. The molecule has 7 nitrogen and oxygen atoms in total. The summed E-state index contributed by atoms with van der Waals surface area (Å²) >= 11 is 0. The van der Waals surface area contributed by atoms with E-state index >= 15 is 0 Å². The molecule has 2 aromatic carbocycles. The summed E-state index contributed by atoms with van der Waals surface area (Å²) in [4.78, 5) is 14.7. The lowest BCUT2D eigenvalue weighted by molar-refractivity contribution is 0.102. The van der Waals surface area contributed by atoms with E-state index < -0.39 is 10.0 Å². The highest BCUT2D eigenvalue weighted by Crippen LogP contribution is 2.33. The molecule has 1 aliphatic heterocycles. The Morgan fingerprint density at radius 1 is 1.15 bits per heavy atom. The number of fused-ring (bicyclic) bond motifs is 1. The number of nitrogens with zero attached hydrogens (tertiary/aromatic N) is 2. The van der Waals surface area contributed by atoms with Crippen LogP contribution in [-0.2, 0) is 10.0 Å². The molecule has 3 rings (SSSR count). The van der Waals surface area contributed by atoms with Crippen molar-refractivity contribution in [3.8, 4) is 5.75 Å². The number of sulfonamides is 1. The van der Waals surface area contributed by atoms with Crippen LogP contribution in [0.2, 0.25) is 0 Å². The average Bonchev–Trinajstić information content (AvgIpc) is 2.62. The van der Waals surface area contributed by atoms with Crippen molar-refractivity contribution in [1.82, 2.24) is 4.31 Å². The Balaban J connectivity index is 1.76. The van der Waals surface area contributed by atoms with Gasteiger partial charge < -0.3 is 15.0 Å². The molecule has 1 amide bonds. The van der Waals surface area contributed by atoms with Gasteiger partial charge in [0.25, 0.3) is 5.91 Å². The zero-order chi connectivity index (χ0) is 18.9. The van der Waals surface area contributed by atoms with Gasteiger partial charge in [-0.3, -0.25) is 4.79 Å². The zero-order valence-electron chi connectivity index (χ0n) is 14.9. The number of amides is 1. The van der Waals surface area contributed by atoms with Gasteiger partial charge in [0.15, 0.2) is 0 Å². The Bertz CT molecular complexity index is 924. The molecule has 0 saturated heterocycles. The fourth-order valence-corrected chi connectivity index (χ4v) is 3.53. The first kappa shape index (κ1) is 18.2. The van der Waals surface area contributed by atoms with Crippen LogP contribution in [0.4, 0.5) is 11.4 Å². The molecule has 0 unspecified atom stereocenters. The number of ether oxygens (including phenoxy) is 1. The van der Waals surface area contributed by atoms with Crippen molar-refractivity contribution in [2.75, 3.05) is 44.5 Å². The molecule has 0 spiro atoms. The Morgan fingerprint density at radius 3 is 2.50 bits per heavy atom. The summed E-state index contributed by atoms with van der Waals surface area (Å²) < 4.78 is 30.9. The molecule has 1 aliphatic rings. The van der Waals surface area contributed by atoms with Crippen LogP contribution in [0, 0.1) is 0 Å². The standard InChI is InChI=1S/C18H21N3O4S/c1-20(2)26(23,24)15-7-4-13(5-8-15)18(22)19-14-6-9-16-17(12-14)25-11-10-21(16)3/h4-9,12H,10-11H2,1-3H3,(H,19,22). The van der Waals surface area contributed by atoms with Gasteiger partial charge >= 0.3 is 0 Å². The minimum Gasteiger partial charge on any atom is -0.489 e. The lowest BCUT2D eigenvalue weighted by atomic mass is 10.2. The molecular weight excluding hydrogens is 354 g/mol. The maximum atomic E-state index is 12.4. The monoisotopic (exact) mass is 375 g/mol. The maximum absolute atomic E-state index is 12.4. The number of anilines is 2. The molecule has 138 valence electrons. The summed E-state index contributed by atoms with van der Waals surface area (Å²) in [7, 11) is 1.40. The molecular formula is C18H21N3O4S. The van der Waals surface area contributed by atoms with Crippen LogP contribution >= 0.6 is 0 Å². The zero-order valence-corrected chi connectivity index (χ0v) is 15.7. The van der Waals surface area contributed by atoms with E-state index in [9.17, 15) is 13.2 Å². The molecule has 0 aliphatic carbocycles. The molecule has 0 atom stereocenters. The summed E-state index contributed by atoms with van der Waals surface area (Å²) in [6.07, 6.45) is 0. The molecule has 8 heteroatoms. The molecule has 0 aromatic heterocycles. The minimum absolute atomic E-state index is 0.143. The van der Waals surface area contributed by atoms with Gasteiger partial charge in [0.2, 0.25) is 10.0 Å². The van der Waals surface area contributed by atoms with Crippen molar-refractivity contribution in [3.63, 3.8) is 0 Å². The van der Waals surface area contributed by atoms with E-state index in [1.165, 1.54) is 38.4 Å². The van der Waals surface area contributed by atoms with Crippen LogP contribution in [0.3, 0.4) is 0 Å². The first-order valence-electron chi connectivity index (χ1n) is 8.11. The second-order valence-electron chi connectivity index (χ2n) is 6.22. The number of benzene rings is 2. The van der Waals surface area contributed by atoms with Crippen molar-refractivity contribution in [3.05, 3.63) is 48.0 Å². The second kappa shape index (κ2) is 6.97. The van der Waals surface area contributed by atoms with Gasteiger partial charge in [0.1, 0.15) is 12.4 Å². The minimum atomic E-state index is -3.51. The van der Waals surface area contributed by atoms with Gasteiger partial charge in [-0.15, -0.1) is 0 Å². The summed E-state index contributed by atoms with van der Waals surface area (Å²) in [5, 5.41) is 2.81. The van der Waals surface area contributed by atoms with E-state index in [1.807, 2.05) is 19.2 Å². The Kier molecular flexibility index (Phi) is 4.88. The van der Waals surface area contributed by atoms with Crippen LogP contribution in [0.15, 0.2) is 47.4 Å². The van der Waals surface area contributed by atoms with Gasteiger partial charge in [0, 0.05) is 38.5 Å². The van der Waals surface area contributed by atoms with Crippen molar-refractivity contribution >= 4 is 27.3 Å². The summed E-state index contributed by atoms with van der Waals surface area (Å²) in [6, 6.07) is 11.3. The van der Waals surface area contributed by atoms with E-state index in [2.05, 4.69) is 10.2 Å². The number of rotatable bonds is 4. The fraction of sp³-hybridized carbons (Fsp3) is 0.278. The van der Waals surface area contributed by atoms with Crippen molar-refractivity contribution in [2.24, 2.45) is 0 Å². The molecule has 1 N–H and O–H groups in total. The Morgan fingerprint density at radius 2 is 1.85 bits per heavy atom. The van der Waals surface area contributed by atoms with Gasteiger partial charge in [-0.1, -0.05) is 0 Å². The first-order chi connectivity index (χ1) is 12.3. The lowest BCUT2D eigenvalue weighted by Crippen LogP contribution is -2.28. The largest absolute Gasteiger partial charge is 0.489 e. The number of hydrogen-bond donors (Lipinski definition) is 1. The van der Waals surface area contributed by atoms with E-state index in [0.717, 1.165) is 22.3 Å². The van der Waals surface area contributed by atoms with E-state index in [1.54, 1.807) is 6.07 Å². The highest BCUT2D eigenvalue weighted by Gasteiger charge is 2.18. The lowest BCUT2D eigenvalue weighted by Gasteiger charge is -2.27. The van der Waals surface area contributed by atoms with Crippen LogP contribution in [0.25, 0.3) is 0 Å². The van der Waals surface area contributed by atoms with Crippen LogP contribution in [-0.4, -0.2) is 52.9 Å². The molecule has 0 fully saturated rings. The van der Waals surface area contributed by atoms with E-state index in [-0.39, 0.29) is 10.8 Å². The molecule has 0 bridgehead atoms. The third-order valence-corrected chi connectivity index (χ3v) is 6.04. The third-order valence-electron chi connectivity index (χ3n) is 4.21. The first-order valence-corrected chi connectivity index (χ1v) is 9.55. The number of nitrogens with one attached hydrogen (secondary N) is 1. The predicted octanol–water partition coefficient (Wildman–Crippen LogP) is 2.02. The van der Waals surface area contributed by atoms with Crippen LogP contribution in [0.5, 0.6) is 5.75 Å². The van der Waals surface area contributed by atoms with Gasteiger partial charge in [-0.05, 0) is 36.4 Å². The predicted molar refractivity (Wildman–Crippen MR) is 100 cm³/mol. The van der Waals surface area contributed by atoms with Crippen molar-refractivity contribution in [2.45, 2.75) is 4.90 Å². The van der Waals surface area contributed by atoms with Gasteiger partial charge in [0.05, 0.1) is 17.1 Å². The Hall–Kier alpha value is -2.58. The molecule has 2 aromatic rings. The highest BCUT2D eigenvalue weighted by atomic mass is 32.2. The van der Waals surface area contributed by atoms with Crippen LogP contribution in [0.1, 0.15) is 10.4 Å². The molecule has 26 heavy (non-hydrogen) atoms. The molecule has 0 saturated carbocycles. The van der Waals surface area contributed by atoms with Crippen molar-refractivity contribution in [1.29, 1.82) is 0 Å². The molecule has 0 radical (unpaired) electrons. The number of likely N-dealkylation sites (N-methyl/N-ethyl adjacent to an activating group) is 1. The second-order valence-corrected chi connectivity index (χ2v) is 8.37. The van der Waals surface area contributed by atoms with E-state index in [4.69, 9.17) is 4.74 Å².